The predicted octanol–water partition coefficient (Wildman–Crippen LogP) is 5.09. The molecule has 7 heteroatoms. The molecule has 2 heterocycles. The lowest BCUT2D eigenvalue weighted by Crippen LogP contribution is -2.58. The third kappa shape index (κ3) is 4.22. The molecule has 2 N–H and O–H groups in total. The number of aromatic nitrogens is 2. The molecule has 1 fully saturated rings. The summed E-state index contributed by atoms with van der Waals surface area (Å²) in [5.41, 5.74) is -4.03. The monoisotopic (exact) mass is 554 g/mol. The molecule has 1 aliphatic rings. The van der Waals surface area contributed by atoms with E-state index in [1.54, 1.807) is 20.8 Å². The van der Waals surface area contributed by atoms with Crippen LogP contribution in [0.2, 0.25) is 0 Å². The van der Waals surface area contributed by atoms with Gasteiger partial charge >= 0.3 is 5.69 Å². The Kier molecular flexibility index (Phi) is 6.97. The van der Waals surface area contributed by atoms with E-state index >= 15 is 0 Å². The highest BCUT2D eigenvalue weighted by molar-refractivity contribution is 5.47. The first-order chi connectivity index (χ1) is 19.3. The Balaban J connectivity index is 1.66. The van der Waals surface area contributed by atoms with Crippen LogP contribution in [-0.4, -0.2) is 32.5 Å². The van der Waals surface area contributed by atoms with Crippen molar-refractivity contribution < 1.29 is 14.6 Å². The Morgan fingerprint density at radius 3 is 1.68 bits per heavy atom. The zero-order chi connectivity index (χ0) is 29.7. The van der Waals surface area contributed by atoms with Gasteiger partial charge in [0.1, 0.15) is 16.8 Å². The molecule has 0 radical (unpaired) electrons. The van der Waals surface area contributed by atoms with E-state index in [9.17, 15) is 14.7 Å². The molecular formula is C34H38N2O5. The van der Waals surface area contributed by atoms with Crippen LogP contribution in [0.15, 0.2) is 107 Å². The summed E-state index contributed by atoms with van der Waals surface area (Å²) in [4.78, 5) is 27.6. The fraction of sp³-hybridized carbons (Fsp3) is 0.353. The van der Waals surface area contributed by atoms with Gasteiger partial charge in [0.2, 0.25) is 0 Å². The molecule has 214 valence electrons. The Morgan fingerprint density at radius 2 is 1.24 bits per heavy atom. The molecule has 1 saturated heterocycles. The number of ether oxygens (including phenoxy) is 2. The molecule has 3 atom stereocenters. The average Bonchev–Trinajstić information content (AvgIpc) is 3.07. The van der Waals surface area contributed by atoms with Gasteiger partial charge in [0.15, 0.2) is 5.72 Å². The zero-order valence-corrected chi connectivity index (χ0v) is 24.5. The normalized spacial score (nSPS) is 25.7. The summed E-state index contributed by atoms with van der Waals surface area (Å²) in [7, 11) is 0. The first kappa shape index (κ1) is 28.7. The third-order valence-corrected chi connectivity index (χ3v) is 9.52. The predicted molar refractivity (Wildman–Crippen MR) is 159 cm³/mol. The number of benzene rings is 3. The van der Waals surface area contributed by atoms with E-state index < -0.39 is 39.2 Å². The molecule has 1 aromatic heterocycles. The van der Waals surface area contributed by atoms with E-state index in [2.05, 4.69) is 4.98 Å². The van der Waals surface area contributed by atoms with Gasteiger partial charge in [-0.1, -0.05) is 105 Å². The topological polar surface area (TPSA) is 93.6 Å². The van der Waals surface area contributed by atoms with Crippen molar-refractivity contribution in [3.8, 4) is 0 Å². The molecule has 0 spiro atoms. The van der Waals surface area contributed by atoms with Crippen molar-refractivity contribution in [2.45, 2.75) is 64.1 Å². The summed E-state index contributed by atoms with van der Waals surface area (Å²) >= 11 is 0. The van der Waals surface area contributed by atoms with Crippen LogP contribution in [0.4, 0.5) is 0 Å². The maximum Gasteiger partial charge on any atom is 0.330 e. The standard InChI is InChI=1S/C34H38N2O5/c1-24-22-36(29(38)35-28(24)37)33(6)30(2,3)32(5,39)31(4,41-33)23-40-34(25-16-10-7-11-17-25,26-18-12-8-13-19-26)27-20-14-9-15-21-27/h7-22,39H,23H2,1-6H3,(H,35,37,38)/t31-,32?,33-/m1/s1. The molecular weight excluding hydrogens is 516 g/mol. The fourth-order valence-electron chi connectivity index (χ4n) is 6.20. The Bertz CT molecular complexity index is 1550. The van der Waals surface area contributed by atoms with Gasteiger partial charge in [-0.3, -0.25) is 14.3 Å². The van der Waals surface area contributed by atoms with E-state index in [1.165, 1.54) is 10.8 Å². The van der Waals surface area contributed by atoms with Gasteiger partial charge in [-0.15, -0.1) is 0 Å². The molecule has 4 aromatic rings. The van der Waals surface area contributed by atoms with E-state index in [0.717, 1.165) is 16.7 Å². The molecule has 1 aliphatic heterocycles. The quantitative estimate of drug-likeness (QED) is 0.311. The van der Waals surface area contributed by atoms with E-state index in [0.29, 0.717) is 5.56 Å². The van der Waals surface area contributed by atoms with Crippen LogP contribution in [-0.2, 0) is 20.8 Å². The van der Waals surface area contributed by atoms with Crippen molar-refractivity contribution in [3.05, 3.63) is 140 Å². The van der Waals surface area contributed by atoms with Crippen LogP contribution in [0.3, 0.4) is 0 Å². The minimum absolute atomic E-state index is 0.0191. The van der Waals surface area contributed by atoms with Gasteiger partial charge in [-0.05, 0) is 44.4 Å². The fourth-order valence-corrected chi connectivity index (χ4v) is 6.20. The van der Waals surface area contributed by atoms with Crippen LogP contribution in [0.1, 0.15) is 56.9 Å². The minimum Gasteiger partial charge on any atom is -0.386 e. The van der Waals surface area contributed by atoms with E-state index in [1.807, 2.05) is 112 Å². The number of rotatable bonds is 7. The van der Waals surface area contributed by atoms with Crippen molar-refractivity contribution >= 4 is 0 Å². The first-order valence-corrected chi connectivity index (χ1v) is 13.9. The van der Waals surface area contributed by atoms with Crippen molar-refractivity contribution in [3.63, 3.8) is 0 Å². The van der Waals surface area contributed by atoms with Gasteiger partial charge in [0.05, 0.1) is 6.61 Å². The Labute approximate surface area is 240 Å². The minimum atomic E-state index is -1.48. The second kappa shape index (κ2) is 9.94. The summed E-state index contributed by atoms with van der Waals surface area (Å²) in [5.74, 6) is 0. The highest BCUT2D eigenvalue weighted by atomic mass is 16.6. The van der Waals surface area contributed by atoms with Crippen LogP contribution in [0.25, 0.3) is 0 Å². The maximum atomic E-state index is 13.1. The molecule has 5 rings (SSSR count). The molecule has 0 aliphatic carbocycles. The molecule has 0 bridgehead atoms. The SMILES string of the molecule is Cc1cn([C@]2(C)O[C@](C)(COC(c3ccccc3)(c3ccccc3)c3ccccc3)C(C)(O)C2(C)C)c(=O)[nH]c1=O. The van der Waals surface area contributed by atoms with E-state index in [4.69, 9.17) is 9.47 Å². The van der Waals surface area contributed by atoms with Gasteiger partial charge in [0, 0.05) is 17.2 Å². The lowest BCUT2D eigenvalue weighted by Gasteiger charge is -2.45. The number of aromatic amines is 1. The Hall–Kier alpha value is -3.78. The summed E-state index contributed by atoms with van der Waals surface area (Å²) in [5, 5.41) is 12.3. The smallest absolute Gasteiger partial charge is 0.330 e. The molecule has 1 unspecified atom stereocenters. The second-order valence-electron chi connectivity index (χ2n) is 12.0. The van der Waals surface area contributed by atoms with E-state index in [-0.39, 0.29) is 6.61 Å². The summed E-state index contributed by atoms with van der Waals surface area (Å²) < 4.78 is 15.3. The third-order valence-electron chi connectivity index (χ3n) is 9.52. The number of hydrogen-bond donors (Lipinski definition) is 2. The van der Waals surface area contributed by atoms with Crippen molar-refractivity contribution in [1.29, 1.82) is 0 Å². The molecule has 0 saturated carbocycles. The number of nitrogens with zero attached hydrogens (tertiary/aromatic N) is 1. The van der Waals surface area contributed by atoms with Crippen molar-refractivity contribution in [2.24, 2.45) is 5.41 Å². The van der Waals surface area contributed by atoms with Crippen LogP contribution in [0.5, 0.6) is 0 Å². The second-order valence-corrected chi connectivity index (χ2v) is 12.0. The summed E-state index contributed by atoms with van der Waals surface area (Å²) in [6.07, 6.45) is 1.49. The highest BCUT2D eigenvalue weighted by Crippen LogP contribution is 2.60. The van der Waals surface area contributed by atoms with Crippen LogP contribution < -0.4 is 11.2 Å². The molecule has 3 aromatic carbocycles. The average molecular weight is 555 g/mol. The summed E-state index contributed by atoms with van der Waals surface area (Å²) in [6, 6.07) is 30.0. The number of nitrogens with one attached hydrogen (secondary N) is 1. The zero-order valence-electron chi connectivity index (χ0n) is 24.5. The molecule has 7 nitrogen and oxygen atoms in total. The van der Waals surface area contributed by atoms with Gasteiger partial charge < -0.3 is 14.6 Å². The first-order valence-electron chi connectivity index (χ1n) is 13.9. The lowest BCUT2D eigenvalue weighted by atomic mass is 9.65. The number of aliphatic hydroxyl groups is 1. The van der Waals surface area contributed by atoms with Gasteiger partial charge in [0.25, 0.3) is 5.56 Å². The number of hydrogen-bond acceptors (Lipinski definition) is 5. The van der Waals surface area contributed by atoms with Crippen LogP contribution in [0, 0.1) is 12.3 Å². The number of aryl methyl sites for hydroxylation is 1. The molecule has 41 heavy (non-hydrogen) atoms. The summed E-state index contributed by atoms with van der Waals surface area (Å²) in [6.45, 7) is 10.7. The van der Waals surface area contributed by atoms with Gasteiger partial charge in [-0.2, -0.15) is 0 Å². The largest absolute Gasteiger partial charge is 0.386 e. The molecule has 0 amide bonds. The van der Waals surface area contributed by atoms with Crippen molar-refractivity contribution in [2.75, 3.05) is 6.61 Å². The highest BCUT2D eigenvalue weighted by Gasteiger charge is 2.71. The Morgan fingerprint density at radius 1 is 0.805 bits per heavy atom. The van der Waals surface area contributed by atoms with Crippen molar-refractivity contribution in [1.82, 2.24) is 9.55 Å². The van der Waals surface area contributed by atoms with Crippen LogP contribution >= 0.6 is 0 Å². The number of H-pyrrole nitrogens is 1. The lowest BCUT2D eigenvalue weighted by molar-refractivity contribution is -0.202. The van der Waals surface area contributed by atoms with Gasteiger partial charge in [-0.25, -0.2) is 4.79 Å². The maximum absolute atomic E-state index is 13.1.